The fourth-order valence-electron chi connectivity index (χ4n) is 1.56. The maximum Gasteiger partial charge on any atom is 0.254 e. The molecule has 104 valence electrons. The lowest BCUT2D eigenvalue weighted by atomic mass is 10.2. The van der Waals surface area contributed by atoms with Crippen molar-refractivity contribution in [2.45, 2.75) is 13.3 Å². The second-order valence-electron chi connectivity index (χ2n) is 4.28. The van der Waals surface area contributed by atoms with E-state index in [-0.39, 0.29) is 18.4 Å². The van der Waals surface area contributed by atoms with Gasteiger partial charge in [0, 0.05) is 29.3 Å². The first kappa shape index (κ1) is 15.5. The van der Waals surface area contributed by atoms with Crippen LogP contribution in [0, 0.1) is 0 Å². The molecule has 0 aliphatic rings. The molecule has 1 rings (SSSR count). The van der Waals surface area contributed by atoms with Gasteiger partial charge in [-0.3, -0.25) is 9.59 Å². The largest absolute Gasteiger partial charge is 0.399 e. The number of nitrogens with one attached hydrogen (secondary N) is 1. The van der Waals surface area contributed by atoms with Gasteiger partial charge in [0.2, 0.25) is 5.91 Å². The van der Waals surface area contributed by atoms with Crippen molar-refractivity contribution in [3.63, 3.8) is 0 Å². The van der Waals surface area contributed by atoms with Gasteiger partial charge in [-0.25, -0.2) is 0 Å². The molecule has 0 saturated carbocycles. The van der Waals surface area contributed by atoms with Gasteiger partial charge in [0.05, 0.1) is 6.54 Å². The number of hydrogen-bond acceptors (Lipinski definition) is 3. The summed E-state index contributed by atoms with van der Waals surface area (Å²) < 4.78 is 0.736. The molecule has 0 bridgehead atoms. The molecule has 0 aliphatic heterocycles. The minimum Gasteiger partial charge on any atom is -0.399 e. The van der Waals surface area contributed by atoms with Crippen molar-refractivity contribution in [1.82, 2.24) is 10.2 Å². The van der Waals surface area contributed by atoms with E-state index in [2.05, 4.69) is 21.2 Å². The predicted molar refractivity (Wildman–Crippen MR) is 78.8 cm³/mol. The first-order valence-electron chi connectivity index (χ1n) is 6.02. The monoisotopic (exact) mass is 327 g/mol. The zero-order valence-corrected chi connectivity index (χ0v) is 12.7. The summed E-state index contributed by atoms with van der Waals surface area (Å²) in [6.07, 6.45) is 0.867. The zero-order valence-electron chi connectivity index (χ0n) is 11.1. The Morgan fingerprint density at radius 3 is 2.63 bits per heavy atom. The quantitative estimate of drug-likeness (QED) is 0.807. The maximum absolute atomic E-state index is 12.1. The Hall–Kier alpha value is -1.56. The molecule has 1 aromatic carbocycles. The van der Waals surface area contributed by atoms with E-state index in [0.29, 0.717) is 17.8 Å². The zero-order chi connectivity index (χ0) is 14.4. The lowest BCUT2D eigenvalue weighted by Gasteiger charge is -2.17. The highest BCUT2D eigenvalue weighted by Crippen LogP contribution is 2.18. The van der Waals surface area contributed by atoms with Crippen molar-refractivity contribution in [1.29, 1.82) is 0 Å². The Labute approximate surface area is 121 Å². The van der Waals surface area contributed by atoms with Crippen molar-refractivity contribution in [2.24, 2.45) is 0 Å². The predicted octanol–water partition coefficient (Wildman–Crippen LogP) is 1.63. The summed E-state index contributed by atoms with van der Waals surface area (Å²) in [7, 11) is 1.59. The van der Waals surface area contributed by atoms with Crippen LogP contribution in [0.15, 0.2) is 22.7 Å². The topological polar surface area (TPSA) is 75.4 Å². The van der Waals surface area contributed by atoms with Crippen LogP contribution in [0.4, 0.5) is 5.69 Å². The van der Waals surface area contributed by atoms with Crippen LogP contribution in [0.3, 0.4) is 0 Å². The Bertz CT molecular complexity index is 457. The highest BCUT2D eigenvalue weighted by molar-refractivity contribution is 9.10. The summed E-state index contributed by atoms with van der Waals surface area (Å²) >= 11 is 3.29. The van der Waals surface area contributed by atoms with E-state index in [4.69, 9.17) is 5.73 Å². The molecule has 0 aromatic heterocycles. The standard InChI is InChI=1S/C13H18BrN3O2/c1-3-4-16-12(18)8-17(2)13(19)9-5-10(14)7-11(15)6-9/h5-7H,3-4,8,15H2,1-2H3,(H,16,18). The number of hydrogen-bond donors (Lipinski definition) is 2. The van der Waals surface area contributed by atoms with Crippen LogP contribution in [0.5, 0.6) is 0 Å². The fraction of sp³-hybridized carbons (Fsp3) is 0.385. The van der Waals surface area contributed by atoms with E-state index in [1.807, 2.05) is 6.92 Å². The molecule has 19 heavy (non-hydrogen) atoms. The van der Waals surface area contributed by atoms with Crippen molar-refractivity contribution in [3.8, 4) is 0 Å². The Kier molecular flexibility index (Phi) is 5.82. The van der Waals surface area contributed by atoms with Crippen LogP contribution in [-0.2, 0) is 4.79 Å². The summed E-state index contributed by atoms with van der Waals surface area (Å²) in [5, 5.41) is 2.73. The van der Waals surface area contributed by atoms with Crippen LogP contribution in [0.25, 0.3) is 0 Å². The molecule has 0 spiro atoms. The van der Waals surface area contributed by atoms with E-state index in [1.165, 1.54) is 4.90 Å². The normalized spacial score (nSPS) is 10.1. The second-order valence-corrected chi connectivity index (χ2v) is 5.20. The molecule has 0 atom stereocenters. The number of rotatable bonds is 5. The molecular formula is C13H18BrN3O2. The van der Waals surface area contributed by atoms with E-state index in [9.17, 15) is 9.59 Å². The molecule has 0 saturated heterocycles. The number of carbonyl (C=O) groups is 2. The second kappa shape index (κ2) is 7.13. The maximum atomic E-state index is 12.1. The van der Waals surface area contributed by atoms with E-state index >= 15 is 0 Å². The molecule has 6 heteroatoms. The van der Waals surface area contributed by atoms with Crippen molar-refractivity contribution in [3.05, 3.63) is 28.2 Å². The molecule has 0 unspecified atom stereocenters. The summed E-state index contributed by atoms with van der Waals surface area (Å²) in [5.41, 5.74) is 6.64. The number of amides is 2. The molecule has 5 nitrogen and oxygen atoms in total. The molecule has 3 N–H and O–H groups in total. The van der Waals surface area contributed by atoms with Gasteiger partial charge in [-0.05, 0) is 24.6 Å². The minimum atomic E-state index is -0.236. The average Bonchev–Trinajstić information content (AvgIpc) is 2.34. The van der Waals surface area contributed by atoms with Crippen molar-refractivity contribution >= 4 is 33.4 Å². The third kappa shape index (κ3) is 4.90. The third-order valence-corrected chi connectivity index (χ3v) is 2.92. The first-order chi connectivity index (χ1) is 8.93. The van der Waals surface area contributed by atoms with Gasteiger partial charge < -0.3 is 16.0 Å². The van der Waals surface area contributed by atoms with Crippen molar-refractivity contribution in [2.75, 3.05) is 25.9 Å². The molecule has 0 aliphatic carbocycles. The minimum absolute atomic E-state index is 0.0330. The summed E-state index contributed by atoms with van der Waals surface area (Å²) in [5.74, 6) is -0.402. The van der Waals surface area contributed by atoms with Crippen molar-refractivity contribution < 1.29 is 9.59 Å². The molecule has 0 heterocycles. The van der Waals surface area contributed by atoms with Gasteiger partial charge in [-0.1, -0.05) is 22.9 Å². The van der Waals surface area contributed by atoms with E-state index < -0.39 is 0 Å². The number of likely N-dealkylation sites (N-methyl/N-ethyl adjacent to an activating group) is 1. The van der Waals surface area contributed by atoms with Crippen LogP contribution < -0.4 is 11.1 Å². The number of halogens is 1. The van der Waals surface area contributed by atoms with Gasteiger partial charge in [0.15, 0.2) is 0 Å². The Balaban J connectivity index is 2.68. The molecule has 1 aromatic rings. The molecule has 2 amide bonds. The van der Waals surface area contributed by atoms with Gasteiger partial charge in [0.1, 0.15) is 0 Å². The number of nitrogens with two attached hydrogens (primary N) is 1. The van der Waals surface area contributed by atoms with Gasteiger partial charge >= 0.3 is 0 Å². The van der Waals surface area contributed by atoms with Crippen LogP contribution >= 0.6 is 15.9 Å². The number of carbonyl (C=O) groups excluding carboxylic acids is 2. The lowest BCUT2D eigenvalue weighted by Crippen LogP contribution is -2.38. The smallest absolute Gasteiger partial charge is 0.254 e. The highest BCUT2D eigenvalue weighted by atomic mass is 79.9. The number of nitrogen functional groups attached to an aromatic ring is 1. The van der Waals surface area contributed by atoms with E-state index in [0.717, 1.165) is 10.9 Å². The number of nitrogens with zero attached hydrogens (tertiary/aromatic N) is 1. The average molecular weight is 328 g/mol. The van der Waals surface area contributed by atoms with Crippen LogP contribution in [0.1, 0.15) is 23.7 Å². The number of benzene rings is 1. The molecule has 0 fully saturated rings. The lowest BCUT2D eigenvalue weighted by molar-refractivity contribution is -0.121. The van der Waals surface area contributed by atoms with Gasteiger partial charge in [-0.2, -0.15) is 0 Å². The molecular weight excluding hydrogens is 310 g/mol. The summed E-state index contributed by atoms with van der Waals surface area (Å²) in [6, 6.07) is 4.98. The SMILES string of the molecule is CCCNC(=O)CN(C)C(=O)c1cc(N)cc(Br)c1. The van der Waals surface area contributed by atoms with Crippen LogP contribution in [0.2, 0.25) is 0 Å². The Morgan fingerprint density at radius 2 is 2.05 bits per heavy atom. The third-order valence-electron chi connectivity index (χ3n) is 2.47. The fourth-order valence-corrected chi connectivity index (χ4v) is 2.07. The van der Waals surface area contributed by atoms with Gasteiger partial charge in [-0.15, -0.1) is 0 Å². The van der Waals surface area contributed by atoms with Crippen LogP contribution in [-0.4, -0.2) is 36.9 Å². The Morgan fingerprint density at radius 1 is 1.37 bits per heavy atom. The summed E-state index contributed by atoms with van der Waals surface area (Å²) in [6.45, 7) is 2.62. The van der Waals surface area contributed by atoms with Gasteiger partial charge in [0.25, 0.3) is 5.91 Å². The first-order valence-corrected chi connectivity index (χ1v) is 6.81. The number of anilines is 1. The summed E-state index contributed by atoms with van der Waals surface area (Å²) in [4.78, 5) is 25.0. The van der Waals surface area contributed by atoms with E-state index in [1.54, 1.807) is 25.2 Å². The molecule has 0 radical (unpaired) electrons. The highest BCUT2D eigenvalue weighted by Gasteiger charge is 2.15.